The molecule has 6 nitrogen and oxygen atoms in total. The lowest BCUT2D eigenvalue weighted by Gasteiger charge is -2.60. The number of halogens is 1. The topological polar surface area (TPSA) is 101 Å². The van der Waals surface area contributed by atoms with E-state index in [1.165, 1.54) is 0 Å². The molecule has 7 heteroatoms. The minimum Gasteiger partial charge on any atom is -0.457 e. The fourth-order valence-corrected chi connectivity index (χ4v) is 7.53. The molecule has 4 rings (SSSR count). The standard InChI is InChI=1S/C23H31ClO6/c1-21-7-5-14(25)9-13(21)3-4-15-16-6-8-23(29,18(27)12-30-19(28)11-24)22(16,2)10-17(26)20(15)21/h9,15-17,20,26,29H,3-8,10-12H2,1-2H3/t15-,16-,17-,20+,21-,22-,23-/m0/s1. The van der Waals surface area contributed by atoms with Crippen molar-refractivity contribution in [2.75, 3.05) is 12.5 Å². The molecule has 3 saturated carbocycles. The summed E-state index contributed by atoms with van der Waals surface area (Å²) in [6.07, 6.45) is 5.37. The number of aliphatic hydroxyl groups is 2. The normalized spacial score (nSPS) is 45.1. The highest BCUT2D eigenvalue weighted by Crippen LogP contribution is 2.67. The molecule has 0 unspecified atom stereocenters. The molecule has 4 aliphatic carbocycles. The van der Waals surface area contributed by atoms with Crippen molar-refractivity contribution in [1.82, 2.24) is 0 Å². The summed E-state index contributed by atoms with van der Waals surface area (Å²) in [6.45, 7) is 3.58. The smallest absolute Gasteiger partial charge is 0.321 e. The zero-order chi connectivity index (χ0) is 21.9. The number of hydrogen-bond acceptors (Lipinski definition) is 6. The Bertz CT molecular complexity index is 808. The molecule has 0 aromatic carbocycles. The van der Waals surface area contributed by atoms with E-state index >= 15 is 0 Å². The third-order valence-corrected chi connectivity index (χ3v) is 9.20. The van der Waals surface area contributed by atoms with Gasteiger partial charge in [0.25, 0.3) is 0 Å². The van der Waals surface area contributed by atoms with Gasteiger partial charge in [-0.25, -0.2) is 0 Å². The summed E-state index contributed by atoms with van der Waals surface area (Å²) >= 11 is 5.43. The molecule has 0 bridgehead atoms. The fraction of sp³-hybridized carbons (Fsp3) is 0.783. The number of allylic oxidation sites excluding steroid dienone is 1. The van der Waals surface area contributed by atoms with Crippen LogP contribution in [-0.2, 0) is 19.1 Å². The summed E-state index contributed by atoms with van der Waals surface area (Å²) in [5, 5.41) is 22.8. The maximum Gasteiger partial charge on any atom is 0.321 e. The zero-order valence-electron chi connectivity index (χ0n) is 17.7. The molecule has 0 aromatic heterocycles. The molecule has 0 heterocycles. The molecule has 4 aliphatic rings. The number of carbonyl (C=O) groups excluding carboxylic acids is 3. The van der Waals surface area contributed by atoms with Gasteiger partial charge in [0.2, 0.25) is 5.78 Å². The molecule has 0 radical (unpaired) electrons. The van der Waals surface area contributed by atoms with Crippen LogP contribution < -0.4 is 0 Å². The van der Waals surface area contributed by atoms with E-state index in [0.29, 0.717) is 25.7 Å². The lowest BCUT2D eigenvalue weighted by Crippen LogP contribution is -2.62. The first-order valence-electron chi connectivity index (χ1n) is 11.0. The minimum atomic E-state index is -1.63. The van der Waals surface area contributed by atoms with Gasteiger partial charge in [0.15, 0.2) is 12.4 Å². The van der Waals surface area contributed by atoms with E-state index in [1.807, 2.05) is 6.92 Å². The average Bonchev–Trinajstić information content (AvgIpc) is 2.97. The van der Waals surface area contributed by atoms with Gasteiger partial charge in [-0.2, -0.15) is 0 Å². The summed E-state index contributed by atoms with van der Waals surface area (Å²) in [5.41, 5.74) is -1.46. The minimum absolute atomic E-state index is 0.0233. The van der Waals surface area contributed by atoms with Crippen LogP contribution in [-0.4, -0.2) is 51.9 Å². The summed E-state index contributed by atoms with van der Waals surface area (Å²) < 4.78 is 4.90. The molecule has 3 fully saturated rings. The van der Waals surface area contributed by atoms with Crippen LogP contribution in [0.1, 0.15) is 58.8 Å². The van der Waals surface area contributed by atoms with Crippen LogP contribution in [0.3, 0.4) is 0 Å². The van der Waals surface area contributed by atoms with Gasteiger partial charge in [0, 0.05) is 11.8 Å². The van der Waals surface area contributed by atoms with E-state index in [0.717, 1.165) is 24.8 Å². The lowest BCUT2D eigenvalue weighted by atomic mass is 9.45. The van der Waals surface area contributed by atoms with Crippen LogP contribution in [0.15, 0.2) is 11.6 Å². The molecule has 7 atom stereocenters. The molecule has 0 saturated heterocycles. The average molecular weight is 439 g/mol. The van der Waals surface area contributed by atoms with E-state index in [9.17, 15) is 24.6 Å². The van der Waals surface area contributed by atoms with Gasteiger partial charge in [-0.05, 0) is 67.8 Å². The van der Waals surface area contributed by atoms with E-state index < -0.39 is 35.5 Å². The molecule has 0 amide bonds. The van der Waals surface area contributed by atoms with Gasteiger partial charge in [0.1, 0.15) is 11.5 Å². The highest BCUT2D eigenvalue weighted by molar-refractivity contribution is 6.26. The first-order chi connectivity index (χ1) is 14.1. The monoisotopic (exact) mass is 438 g/mol. The number of rotatable bonds is 4. The fourth-order valence-electron chi connectivity index (χ4n) is 7.45. The first-order valence-corrected chi connectivity index (χ1v) is 11.5. The van der Waals surface area contributed by atoms with Gasteiger partial charge < -0.3 is 14.9 Å². The second-order valence-electron chi connectivity index (χ2n) is 10.2. The Morgan fingerprint density at radius 3 is 2.67 bits per heavy atom. The van der Waals surface area contributed by atoms with Gasteiger partial charge in [-0.1, -0.05) is 19.4 Å². The van der Waals surface area contributed by atoms with Crippen LogP contribution >= 0.6 is 11.6 Å². The predicted molar refractivity (Wildman–Crippen MR) is 110 cm³/mol. The van der Waals surface area contributed by atoms with Crippen LogP contribution in [0.25, 0.3) is 0 Å². The third kappa shape index (κ3) is 3.01. The van der Waals surface area contributed by atoms with Crippen molar-refractivity contribution in [3.05, 3.63) is 11.6 Å². The number of carbonyl (C=O) groups is 3. The maximum absolute atomic E-state index is 12.9. The number of esters is 1. The van der Waals surface area contributed by atoms with Crippen LogP contribution in [0.4, 0.5) is 0 Å². The Morgan fingerprint density at radius 1 is 1.23 bits per heavy atom. The SMILES string of the molecule is C[C@]12CCC(=O)C=C1CC[C@@H]1[C@@H]2[C@@H](O)C[C@@]2(C)[C@H]1CC[C@]2(O)C(=O)COC(=O)CCl. The van der Waals surface area contributed by atoms with Crippen molar-refractivity contribution in [3.8, 4) is 0 Å². The summed E-state index contributed by atoms with van der Waals surface area (Å²) in [5.74, 6) is -1.07. The van der Waals surface area contributed by atoms with Gasteiger partial charge in [0.05, 0.1) is 6.10 Å². The van der Waals surface area contributed by atoms with Crippen LogP contribution in [0.5, 0.6) is 0 Å². The number of Topliss-reactive ketones (excluding diaryl/α,β-unsaturated/α-hetero) is 1. The van der Waals surface area contributed by atoms with Gasteiger partial charge >= 0.3 is 5.97 Å². The Labute approximate surface area is 182 Å². The molecule has 2 N–H and O–H groups in total. The summed E-state index contributed by atoms with van der Waals surface area (Å²) in [4.78, 5) is 36.3. The van der Waals surface area contributed by atoms with Gasteiger partial charge in [-0.15, -0.1) is 11.6 Å². The number of hydrogen-bond donors (Lipinski definition) is 2. The molecular formula is C23H31ClO6. The quantitative estimate of drug-likeness (QED) is 0.516. The zero-order valence-corrected chi connectivity index (χ0v) is 18.4. The van der Waals surface area contributed by atoms with E-state index in [-0.39, 0.29) is 34.8 Å². The molecule has 0 aliphatic heterocycles. The maximum atomic E-state index is 12.9. The van der Waals surface area contributed by atoms with Crippen molar-refractivity contribution in [2.45, 2.75) is 70.5 Å². The Hall–Kier alpha value is -1.24. The molecule has 166 valence electrons. The summed E-state index contributed by atoms with van der Waals surface area (Å²) in [7, 11) is 0. The highest BCUT2D eigenvalue weighted by Gasteiger charge is 2.68. The molecule has 30 heavy (non-hydrogen) atoms. The van der Waals surface area contributed by atoms with E-state index in [2.05, 4.69) is 6.92 Å². The summed E-state index contributed by atoms with van der Waals surface area (Å²) in [6, 6.07) is 0. The number of ether oxygens (including phenoxy) is 1. The van der Waals surface area contributed by atoms with E-state index in [4.69, 9.17) is 16.3 Å². The van der Waals surface area contributed by atoms with Crippen molar-refractivity contribution < 1.29 is 29.3 Å². The predicted octanol–water partition coefficient (Wildman–Crippen LogP) is 2.57. The number of ketones is 2. The molecule has 0 spiro atoms. The van der Waals surface area contributed by atoms with Crippen molar-refractivity contribution in [3.63, 3.8) is 0 Å². The highest BCUT2D eigenvalue weighted by atomic mass is 35.5. The first kappa shape index (κ1) is 22.0. The van der Waals surface area contributed by atoms with Crippen LogP contribution in [0.2, 0.25) is 0 Å². The van der Waals surface area contributed by atoms with E-state index in [1.54, 1.807) is 6.08 Å². The number of alkyl halides is 1. The Balaban J connectivity index is 1.62. The number of fused-ring (bicyclic) bond motifs is 5. The second kappa shape index (κ2) is 7.42. The molecular weight excluding hydrogens is 408 g/mol. The second-order valence-corrected chi connectivity index (χ2v) is 10.5. The van der Waals surface area contributed by atoms with Crippen molar-refractivity contribution in [2.24, 2.45) is 28.6 Å². The van der Waals surface area contributed by atoms with Crippen molar-refractivity contribution in [1.29, 1.82) is 0 Å². The Morgan fingerprint density at radius 2 is 1.97 bits per heavy atom. The van der Waals surface area contributed by atoms with Crippen LogP contribution in [0, 0.1) is 28.6 Å². The number of aliphatic hydroxyl groups excluding tert-OH is 1. The molecule has 0 aromatic rings. The Kier molecular flexibility index (Phi) is 5.43. The lowest BCUT2D eigenvalue weighted by molar-refractivity contribution is -0.184. The largest absolute Gasteiger partial charge is 0.457 e. The third-order valence-electron chi connectivity index (χ3n) is 8.98. The van der Waals surface area contributed by atoms with Gasteiger partial charge in [-0.3, -0.25) is 14.4 Å². The van der Waals surface area contributed by atoms with Crippen molar-refractivity contribution >= 4 is 29.1 Å².